The second kappa shape index (κ2) is 56.7. The Labute approximate surface area is 425 Å². The molecule has 0 spiro atoms. The van der Waals surface area contributed by atoms with Crippen LogP contribution < -0.4 is 0 Å². The summed E-state index contributed by atoms with van der Waals surface area (Å²) in [5.41, 5.74) is 0. The molecule has 0 fully saturated rings. The summed E-state index contributed by atoms with van der Waals surface area (Å²) >= 11 is 0. The molecule has 0 saturated carbocycles. The average Bonchev–Trinajstić information content (AvgIpc) is 3.35. The molecule has 0 rings (SSSR count). The molecule has 0 N–H and O–H groups in total. The molecule has 0 saturated heterocycles. The molecule has 0 aliphatic heterocycles. The number of carbonyl (C=O) groups excluding carboxylic acids is 3. The lowest BCUT2D eigenvalue weighted by Gasteiger charge is -2.18. The zero-order valence-corrected chi connectivity index (χ0v) is 44.8. The number of hydrogen-bond acceptors (Lipinski definition) is 6. The molecule has 0 heterocycles. The lowest BCUT2D eigenvalue weighted by molar-refractivity contribution is -0.166. The Morgan fingerprint density at radius 1 is 0.290 bits per heavy atom. The van der Waals surface area contributed by atoms with Crippen LogP contribution in [0.4, 0.5) is 0 Å². The standard InChI is InChI=1S/C63H104O6/c1-4-7-10-13-16-19-22-25-28-30-31-33-36-38-41-44-47-50-53-56-62(65)68-59-60(69-63(66)57-54-51-48-45-42-39-34-27-24-21-18-15-12-9-6-3)58-67-61(64)55-52-49-46-43-40-37-35-32-29-26-23-20-17-14-11-8-5-2/h16,19,21,24-26,28-29,31,33,35,37-38,41,43,46-47,50,60H,4-15,17-18,20,22-23,27,30,32,34,36,39-40,42,44-45,48-49,51-59H2,1-3H3/b19-16-,24-21-,28-25-,29-26-,33-31-,37-35-,41-38-,46-43-,50-47-/t60-/m0/s1. The van der Waals surface area contributed by atoms with Crippen molar-refractivity contribution in [3.05, 3.63) is 109 Å². The van der Waals surface area contributed by atoms with Gasteiger partial charge in [-0.15, -0.1) is 0 Å². The van der Waals surface area contributed by atoms with Gasteiger partial charge in [0.1, 0.15) is 13.2 Å². The summed E-state index contributed by atoms with van der Waals surface area (Å²) in [6, 6.07) is 0. The Hall–Kier alpha value is -3.93. The van der Waals surface area contributed by atoms with Crippen LogP contribution in [0.1, 0.15) is 252 Å². The molecular formula is C63H104O6. The van der Waals surface area contributed by atoms with Crippen molar-refractivity contribution in [1.29, 1.82) is 0 Å². The van der Waals surface area contributed by atoms with Crippen molar-refractivity contribution in [2.24, 2.45) is 0 Å². The SMILES string of the molecule is CCCCC/C=C\C/C=C\C/C=C\C/C=C\C/C=C\CCC(=O)OC[C@H](COC(=O)CCC/C=C\C/C=C\C/C=C\CCCCCCCC)OC(=O)CCCCCCCCC/C=C\CCCCCC. The van der Waals surface area contributed by atoms with Gasteiger partial charge in [-0.3, -0.25) is 14.4 Å². The van der Waals surface area contributed by atoms with E-state index >= 15 is 0 Å². The fourth-order valence-corrected chi connectivity index (χ4v) is 7.43. The van der Waals surface area contributed by atoms with Crippen LogP contribution in [0.15, 0.2) is 109 Å². The van der Waals surface area contributed by atoms with Crippen molar-refractivity contribution < 1.29 is 28.6 Å². The normalized spacial score (nSPS) is 12.9. The molecule has 0 aromatic heterocycles. The summed E-state index contributed by atoms with van der Waals surface area (Å²) in [7, 11) is 0. The molecule has 0 unspecified atom stereocenters. The first-order valence-electron chi connectivity index (χ1n) is 28.4. The minimum atomic E-state index is -0.833. The van der Waals surface area contributed by atoms with E-state index in [4.69, 9.17) is 14.2 Å². The topological polar surface area (TPSA) is 78.9 Å². The second-order valence-corrected chi connectivity index (χ2v) is 18.5. The zero-order valence-electron chi connectivity index (χ0n) is 44.8. The molecule has 0 aromatic rings. The van der Waals surface area contributed by atoms with Crippen molar-refractivity contribution >= 4 is 17.9 Å². The first-order valence-corrected chi connectivity index (χ1v) is 28.4. The van der Waals surface area contributed by atoms with Crippen molar-refractivity contribution in [2.75, 3.05) is 13.2 Å². The van der Waals surface area contributed by atoms with Gasteiger partial charge >= 0.3 is 17.9 Å². The van der Waals surface area contributed by atoms with Gasteiger partial charge in [-0.25, -0.2) is 0 Å². The Kier molecular flexibility index (Phi) is 53.4. The average molecular weight is 958 g/mol. The minimum absolute atomic E-state index is 0.130. The highest BCUT2D eigenvalue weighted by molar-refractivity contribution is 5.71. The Balaban J connectivity index is 4.58. The van der Waals surface area contributed by atoms with Gasteiger partial charge in [0, 0.05) is 19.3 Å². The number of unbranched alkanes of at least 4 members (excludes halogenated alkanes) is 21. The van der Waals surface area contributed by atoms with Gasteiger partial charge in [0.2, 0.25) is 0 Å². The lowest BCUT2D eigenvalue weighted by atomic mass is 10.1. The van der Waals surface area contributed by atoms with Crippen LogP contribution in [-0.4, -0.2) is 37.2 Å². The summed E-state index contributed by atoms with van der Waals surface area (Å²) in [5, 5.41) is 0. The number of esters is 3. The zero-order chi connectivity index (χ0) is 50.0. The molecule has 0 amide bonds. The monoisotopic (exact) mass is 957 g/mol. The van der Waals surface area contributed by atoms with Crippen LogP contribution in [0.5, 0.6) is 0 Å². The molecule has 0 radical (unpaired) electrons. The van der Waals surface area contributed by atoms with E-state index in [1.165, 1.54) is 135 Å². The number of hydrogen-bond donors (Lipinski definition) is 0. The molecule has 392 valence electrons. The highest BCUT2D eigenvalue weighted by Crippen LogP contribution is 2.13. The highest BCUT2D eigenvalue weighted by atomic mass is 16.6. The Morgan fingerprint density at radius 3 is 1.00 bits per heavy atom. The third-order valence-electron chi connectivity index (χ3n) is 11.7. The molecule has 0 aliphatic carbocycles. The highest BCUT2D eigenvalue weighted by Gasteiger charge is 2.19. The van der Waals surface area contributed by atoms with Gasteiger partial charge in [-0.1, -0.05) is 226 Å². The van der Waals surface area contributed by atoms with Crippen LogP contribution in [0.3, 0.4) is 0 Å². The molecule has 1 atom stereocenters. The van der Waals surface area contributed by atoms with E-state index in [1.54, 1.807) is 0 Å². The Bertz CT molecular complexity index is 1420. The second-order valence-electron chi connectivity index (χ2n) is 18.5. The third-order valence-corrected chi connectivity index (χ3v) is 11.7. The summed E-state index contributed by atoms with van der Waals surface area (Å²) in [5.74, 6) is -1.07. The van der Waals surface area contributed by atoms with E-state index < -0.39 is 6.10 Å². The largest absolute Gasteiger partial charge is 0.462 e. The van der Waals surface area contributed by atoms with Crippen molar-refractivity contribution in [3.63, 3.8) is 0 Å². The summed E-state index contributed by atoms with van der Waals surface area (Å²) in [6.07, 6.45) is 76.6. The fraction of sp³-hybridized carbons (Fsp3) is 0.667. The van der Waals surface area contributed by atoms with E-state index in [9.17, 15) is 14.4 Å². The van der Waals surface area contributed by atoms with Crippen molar-refractivity contribution in [3.8, 4) is 0 Å². The number of rotatable bonds is 50. The van der Waals surface area contributed by atoms with Gasteiger partial charge in [0.05, 0.1) is 0 Å². The van der Waals surface area contributed by atoms with E-state index in [-0.39, 0.29) is 44.0 Å². The maximum absolute atomic E-state index is 12.8. The van der Waals surface area contributed by atoms with Crippen molar-refractivity contribution in [2.45, 2.75) is 258 Å². The van der Waals surface area contributed by atoms with Crippen LogP contribution >= 0.6 is 0 Å². The van der Waals surface area contributed by atoms with Crippen LogP contribution in [0.2, 0.25) is 0 Å². The number of carbonyl (C=O) groups is 3. The maximum Gasteiger partial charge on any atom is 0.306 e. The van der Waals surface area contributed by atoms with Gasteiger partial charge < -0.3 is 14.2 Å². The van der Waals surface area contributed by atoms with E-state index in [1.807, 2.05) is 6.08 Å². The van der Waals surface area contributed by atoms with Gasteiger partial charge in [-0.05, 0) is 116 Å². The minimum Gasteiger partial charge on any atom is -0.462 e. The molecule has 6 nitrogen and oxygen atoms in total. The maximum atomic E-state index is 12.8. The number of ether oxygens (including phenoxy) is 3. The summed E-state index contributed by atoms with van der Waals surface area (Å²) in [4.78, 5) is 38.1. The van der Waals surface area contributed by atoms with Crippen LogP contribution in [-0.2, 0) is 28.6 Å². The molecule has 69 heavy (non-hydrogen) atoms. The summed E-state index contributed by atoms with van der Waals surface area (Å²) < 4.78 is 16.7. The molecule has 6 heteroatoms. The Morgan fingerprint density at radius 2 is 0.565 bits per heavy atom. The van der Waals surface area contributed by atoms with Gasteiger partial charge in [-0.2, -0.15) is 0 Å². The summed E-state index contributed by atoms with van der Waals surface area (Å²) in [6.45, 7) is 6.48. The molecule has 0 aromatic carbocycles. The lowest BCUT2D eigenvalue weighted by Crippen LogP contribution is -2.30. The van der Waals surface area contributed by atoms with Gasteiger partial charge in [0.25, 0.3) is 0 Å². The predicted octanol–water partition coefficient (Wildman–Crippen LogP) is 19.1. The fourth-order valence-electron chi connectivity index (χ4n) is 7.43. The van der Waals surface area contributed by atoms with Crippen LogP contribution in [0.25, 0.3) is 0 Å². The smallest absolute Gasteiger partial charge is 0.306 e. The quantitative estimate of drug-likeness (QED) is 0.0262. The van der Waals surface area contributed by atoms with E-state index in [0.29, 0.717) is 19.3 Å². The first kappa shape index (κ1) is 65.1. The van der Waals surface area contributed by atoms with E-state index in [0.717, 1.165) is 64.2 Å². The van der Waals surface area contributed by atoms with Gasteiger partial charge in [0.15, 0.2) is 6.10 Å². The van der Waals surface area contributed by atoms with Crippen molar-refractivity contribution in [1.82, 2.24) is 0 Å². The van der Waals surface area contributed by atoms with Crippen LogP contribution in [0, 0.1) is 0 Å². The van der Waals surface area contributed by atoms with E-state index in [2.05, 4.69) is 124 Å². The predicted molar refractivity (Wildman–Crippen MR) is 297 cm³/mol. The number of allylic oxidation sites excluding steroid dienone is 18. The third kappa shape index (κ3) is 54.9. The molecular weight excluding hydrogens is 853 g/mol. The first-order chi connectivity index (χ1) is 34.0. The molecule has 0 bridgehead atoms. The molecule has 0 aliphatic rings.